The van der Waals surface area contributed by atoms with Gasteiger partial charge in [-0.1, -0.05) is 36.4 Å². The highest BCUT2D eigenvalue weighted by Crippen LogP contribution is 2.19. The first-order chi connectivity index (χ1) is 15.1. The van der Waals surface area contributed by atoms with Gasteiger partial charge < -0.3 is 5.32 Å². The van der Waals surface area contributed by atoms with E-state index in [1.54, 1.807) is 36.4 Å². The Balaban J connectivity index is 1.69. The van der Waals surface area contributed by atoms with Gasteiger partial charge in [0, 0.05) is 31.9 Å². The molecule has 0 saturated heterocycles. The number of carbonyl (C=O) groups is 1. The molecule has 8 nitrogen and oxygen atoms in total. The van der Waals surface area contributed by atoms with Crippen molar-refractivity contribution in [1.82, 2.24) is 9.62 Å². The van der Waals surface area contributed by atoms with Gasteiger partial charge in [0.15, 0.2) is 0 Å². The number of hydrogen-bond donors (Lipinski definition) is 2. The molecule has 0 fully saturated rings. The summed E-state index contributed by atoms with van der Waals surface area (Å²) in [7, 11) is -4.49. The van der Waals surface area contributed by atoms with Crippen LogP contribution < -0.4 is 10.0 Å². The van der Waals surface area contributed by atoms with Crippen LogP contribution in [0.2, 0.25) is 0 Å². The molecule has 32 heavy (non-hydrogen) atoms. The maximum atomic E-state index is 12.5. The summed E-state index contributed by atoms with van der Waals surface area (Å²) in [5.74, 6) is -0.417. The van der Waals surface area contributed by atoms with Crippen molar-refractivity contribution in [2.45, 2.75) is 16.3 Å². The van der Waals surface area contributed by atoms with Crippen molar-refractivity contribution in [1.29, 1.82) is 0 Å². The second-order valence-electron chi connectivity index (χ2n) is 7.07. The molecule has 1 amide bonds. The van der Waals surface area contributed by atoms with E-state index in [-0.39, 0.29) is 16.3 Å². The summed E-state index contributed by atoms with van der Waals surface area (Å²) in [6, 6.07) is 20.3. The molecule has 2 N–H and O–H groups in total. The highest BCUT2D eigenvalue weighted by Gasteiger charge is 2.21. The molecule has 3 rings (SSSR count). The number of benzene rings is 3. The van der Waals surface area contributed by atoms with Crippen molar-refractivity contribution < 1.29 is 21.6 Å². The second-order valence-corrected chi connectivity index (χ2v) is 10.9. The Bertz CT molecular complexity index is 1310. The molecule has 0 saturated carbocycles. The van der Waals surface area contributed by atoms with Gasteiger partial charge in [0.1, 0.15) is 0 Å². The van der Waals surface area contributed by atoms with E-state index in [4.69, 9.17) is 0 Å². The van der Waals surface area contributed by atoms with Crippen LogP contribution in [0.1, 0.15) is 15.9 Å². The summed E-state index contributed by atoms with van der Waals surface area (Å²) in [6.07, 6.45) is 0. The Morgan fingerprint density at radius 3 is 2.03 bits per heavy atom. The Labute approximate surface area is 188 Å². The third-order valence-electron chi connectivity index (χ3n) is 4.62. The number of nitrogens with zero attached hydrogens (tertiary/aromatic N) is 1. The van der Waals surface area contributed by atoms with E-state index in [0.717, 1.165) is 4.31 Å². The van der Waals surface area contributed by atoms with E-state index >= 15 is 0 Å². The van der Waals surface area contributed by atoms with Crippen molar-refractivity contribution in [3.8, 4) is 0 Å². The number of nitrogens with one attached hydrogen (secondary N) is 2. The zero-order chi connectivity index (χ0) is 23.4. The van der Waals surface area contributed by atoms with Crippen molar-refractivity contribution in [3.63, 3.8) is 0 Å². The summed E-state index contributed by atoms with van der Waals surface area (Å²) < 4.78 is 53.3. The number of rotatable bonds is 8. The average Bonchev–Trinajstić information content (AvgIpc) is 2.78. The predicted octanol–water partition coefficient (Wildman–Crippen LogP) is 2.67. The van der Waals surface area contributed by atoms with Gasteiger partial charge in [-0.2, -0.15) is 0 Å². The molecule has 10 heteroatoms. The largest absolute Gasteiger partial charge is 0.348 e. The topological polar surface area (TPSA) is 113 Å². The van der Waals surface area contributed by atoms with Crippen LogP contribution in [0.15, 0.2) is 88.7 Å². The second kappa shape index (κ2) is 9.51. The van der Waals surface area contributed by atoms with Gasteiger partial charge in [0.05, 0.1) is 9.79 Å². The molecule has 0 radical (unpaired) electrons. The Hall–Kier alpha value is -3.21. The van der Waals surface area contributed by atoms with E-state index in [2.05, 4.69) is 10.0 Å². The zero-order valence-electron chi connectivity index (χ0n) is 17.5. The van der Waals surface area contributed by atoms with Gasteiger partial charge in [-0.25, -0.2) is 21.1 Å². The Morgan fingerprint density at radius 1 is 0.812 bits per heavy atom. The predicted molar refractivity (Wildman–Crippen MR) is 122 cm³/mol. The van der Waals surface area contributed by atoms with Crippen molar-refractivity contribution in [3.05, 3.63) is 90.0 Å². The van der Waals surface area contributed by atoms with Gasteiger partial charge in [0.2, 0.25) is 10.0 Å². The van der Waals surface area contributed by atoms with Gasteiger partial charge in [0.25, 0.3) is 15.9 Å². The molecule has 168 valence electrons. The molecule has 3 aromatic carbocycles. The van der Waals surface area contributed by atoms with E-state index in [0.29, 0.717) is 16.8 Å². The smallest absolute Gasteiger partial charge is 0.261 e. The van der Waals surface area contributed by atoms with E-state index in [9.17, 15) is 21.6 Å². The van der Waals surface area contributed by atoms with Gasteiger partial charge in [-0.15, -0.1) is 0 Å². The molecule has 0 unspecified atom stereocenters. The van der Waals surface area contributed by atoms with Crippen molar-refractivity contribution in [2.75, 3.05) is 18.8 Å². The maximum Gasteiger partial charge on any atom is 0.261 e. The number of amides is 1. The van der Waals surface area contributed by atoms with Crippen LogP contribution in [0.4, 0.5) is 5.69 Å². The van der Waals surface area contributed by atoms with Gasteiger partial charge in [-0.3, -0.25) is 9.52 Å². The fraction of sp³-hybridized carbons (Fsp3) is 0.136. The van der Waals surface area contributed by atoms with Crippen LogP contribution in [0.3, 0.4) is 0 Å². The lowest BCUT2D eigenvalue weighted by Gasteiger charge is -2.15. The molecule has 0 spiro atoms. The lowest BCUT2D eigenvalue weighted by atomic mass is 10.2. The van der Waals surface area contributed by atoms with Gasteiger partial charge >= 0.3 is 0 Å². The highest BCUT2D eigenvalue weighted by molar-refractivity contribution is 7.92. The SMILES string of the molecule is CN(C)S(=O)(=O)c1ccccc1CNC(=O)c1ccc(NS(=O)(=O)c2ccccc2)cc1. The quantitative estimate of drug-likeness (QED) is 0.522. The van der Waals surface area contributed by atoms with Crippen molar-refractivity contribution in [2.24, 2.45) is 0 Å². The van der Waals surface area contributed by atoms with Crippen LogP contribution in [-0.4, -0.2) is 41.1 Å². The lowest BCUT2D eigenvalue weighted by Crippen LogP contribution is -2.27. The van der Waals surface area contributed by atoms with E-state index < -0.39 is 26.0 Å². The zero-order valence-corrected chi connectivity index (χ0v) is 19.2. The molecular formula is C22H23N3O5S2. The molecule has 0 aliphatic heterocycles. The Morgan fingerprint density at radius 2 is 1.41 bits per heavy atom. The number of sulfonamides is 2. The first kappa shape index (κ1) is 23.5. The summed E-state index contributed by atoms with van der Waals surface area (Å²) >= 11 is 0. The Kier molecular flexibility index (Phi) is 6.97. The fourth-order valence-electron chi connectivity index (χ4n) is 2.88. The normalized spacial score (nSPS) is 11.8. The molecule has 0 aliphatic carbocycles. The number of anilines is 1. The first-order valence-electron chi connectivity index (χ1n) is 9.58. The van der Waals surface area contributed by atoms with E-state index in [1.807, 2.05) is 0 Å². The van der Waals surface area contributed by atoms with Crippen molar-refractivity contribution >= 4 is 31.6 Å². The molecule has 0 aliphatic rings. The van der Waals surface area contributed by atoms with Crippen LogP contribution in [0.25, 0.3) is 0 Å². The first-order valence-corrected chi connectivity index (χ1v) is 12.5. The standard InChI is InChI=1S/C22H23N3O5S2/c1-25(2)32(29,30)21-11-7-6-8-18(21)16-23-22(26)17-12-14-19(15-13-17)24-31(27,28)20-9-4-3-5-10-20/h3-15,24H,16H2,1-2H3,(H,23,26). The molecule has 0 bridgehead atoms. The van der Waals surface area contributed by atoms with Crippen LogP contribution in [0.5, 0.6) is 0 Å². The minimum Gasteiger partial charge on any atom is -0.348 e. The summed E-state index contributed by atoms with van der Waals surface area (Å²) in [5, 5.41) is 2.70. The van der Waals surface area contributed by atoms with E-state index in [1.165, 1.54) is 56.6 Å². The van der Waals surface area contributed by atoms with Crippen LogP contribution in [-0.2, 0) is 26.6 Å². The third-order valence-corrected chi connectivity index (χ3v) is 7.94. The molecule has 0 heterocycles. The number of hydrogen-bond acceptors (Lipinski definition) is 5. The molecule has 0 atom stereocenters. The average molecular weight is 474 g/mol. The van der Waals surface area contributed by atoms with Gasteiger partial charge in [-0.05, 0) is 48.0 Å². The monoisotopic (exact) mass is 473 g/mol. The minimum atomic E-state index is -3.73. The van der Waals surface area contributed by atoms with Crippen LogP contribution in [0, 0.1) is 0 Å². The summed E-state index contributed by atoms with van der Waals surface area (Å²) in [4.78, 5) is 12.8. The molecule has 3 aromatic rings. The number of carbonyl (C=O) groups excluding carboxylic acids is 1. The maximum absolute atomic E-state index is 12.5. The van der Waals surface area contributed by atoms with Crippen LogP contribution >= 0.6 is 0 Å². The molecule has 0 aromatic heterocycles. The lowest BCUT2D eigenvalue weighted by molar-refractivity contribution is 0.0950. The summed E-state index contributed by atoms with van der Waals surface area (Å²) in [6.45, 7) is 0.0183. The minimum absolute atomic E-state index is 0.0183. The summed E-state index contributed by atoms with van der Waals surface area (Å²) in [5.41, 5.74) is 1.08. The molecular weight excluding hydrogens is 450 g/mol. The highest BCUT2D eigenvalue weighted by atomic mass is 32.2. The third kappa shape index (κ3) is 5.34. The fourth-order valence-corrected chi connectivity index (χ4v) is 5.07.